The van der Waals surface area contributed by atoms with Crippen LogP contribution in [0.25, 0.3) is 0 Å². The number of unbranched alkanes of at least 4 members (excludes halogenated alkanes) is 4. The van der Waals surface area contributed by atoms with Gasteiger partial charge in [0.25, 0.3) is 0 Å². The number of benzene rings is 4. The number of carboxylic acid groups (broad SMARTS) is 4. The molecule has 4 aliphatic heterocycles. The molecule has 4 aliphatic rings. The highest BCUT2D eigenvalue weighted by Crippen LogP contribution is 2.26. The van der Waals surface area contributed by atoms with E-state index in [0.29, 0.717) is 121 Å². The van der Waals surface area contributed by atoms with Crippen LogP contribution in [0.4, 0.5) is 0 Å². The molecule has 23 heteroatoms. The van der Waals surface area contributed by atoms with Crippen LogP contribution in [-0.4, -0.2) is 194 Å². The third-order valence-electron chi connectivity index (χ3n) is 18.7. The lowest BCUT2D eigenvalue weighted by atomic mass is 9.99. The van der Waals surface area contributed by atoms with Crippen molar-refractivity contribution < 1.29 is 83.9 Å². The molecule has 4 aromatic rings. The van der Waals surface area contributed by atoms with Crippen LogP contribution in [0.2, 0.25) is 0 Å². The zero-order chi connectivity index (χ0) is 80.8. The van der Waals surface area contributed by atoms with E-state index in [1.807, 2.05) is 203 Å². The molecule has 0 radical (unpaired) electrons. The number of aliphatic hydroxyl groups is 4. The van der Waals surface area contributed by atoms with Gasteiger partial charge in [-0.15, -0.1) is 23.5 Å². The second kappa shape index (κ2) is 57.0. The Labute approximate surface area is 670 Å². The second-order valence-corrected chi connectivity index (χ2v) is 30.0. The van der Waals surface area contributed by atoms with Gasteiger partial charge in [-0.2, -0.15) is 0 Å². The van der Waals surface area contributed by atoms with E-state index in [4.69, 9.17) is 25.2 Å². The minimum Gasteiger partial charge on any atom is -0.491 e. The van der Waals surface area contributed by atoms with Crippen molar-refractivity contribution >= 4 is 71.0 Å². The molecule has 0 bridgehead atoms. The monoisotopic (exact) mass is 1580 g/mol. The molecular formula is C89H118N4O17S2. The molecule has 8 atom stereocenters. The summed E-state index contributed by atoms with van der Waals surface area (Å²) in [5.74, 6) is -0.633. The maximum absolute atomic E-state index is 12.3. The van der Waals surface area contributed by atoms with Crippen LogP contribution in [0.5, 0.6) is 5.75 Å². The summed E-state index contributed by atoms with van der Waals surface area (Å²) in [7, 11) is 0. The van der Waals surface area contributed by atoms with Crippen molar-refractivity contribution in [1.29, 1.82) is 0 Å². The zero-order valence-electron chi connectivity index (χ0n) is 64.6. The predicted octanol–water partition coefficient (Wildman–Crippen LogP) is 14.8. The lowest BCUT2D eigenvalue weighted by molar-refractivity contribution is -0.138. The minimum absolute atomic E-state index is 0.00120. The number of carboxylic acids is 4. The molecule has 4 unspecified atom stereocenters. The SMILES string of the molecule is O=C(O)CCCC=CCN1C(=O)CCC[C@@H]1C=CC(O)CCc1ccccc1.O=C(O)CCCC=CCN1C(=O)CCC[C@@H]1C=CC(O)COc1ccccc1.O=C(O)CCCC=CCN1C(=O)CCC[C@@H]1C=CC(O)CSc1ccccc1.O=C(O)CCCC=CCN1C(=O)CCC[C@@H]1C=CC(O)SCc1ccccc1. The van der Waals surface area contributed by atoms with E-state index >= 15 is 0 Å². The van der Waals surface area contributed by atoms with Gasteiger partial charge in [0.1, 0.15) is 23.9 Å². The molecule has 8 N–H and O–H groups in total. The predicted molar refractivity (Wildman–Crippen MR) is 442 cm³/mol. The maximum atomic E-state index is 12.3. The van der Waals surface area contributed by atoms with Gasteiger partial charge < -0.3 is 65.2 Å². The number of allylic oxidation sites excluding steroid dienone is 4. The van der Waals surface area contributed by atoms with E-state index in [0.717, 1.165) is 68.4 Å². The molecule has 8 rings (SSSR count). The van der Waals surface area contributed by atoms with Gasteiger partial charge in [0.05, 0.1) is 36.4 Å². The standard InChI is InChI=1S/C23H31NO4.C22H29NO5.2C22H29NO4S/c25-21(16-14-19-9-4-3-5-10-19)17-15-20-11-8-12-22(26)24(20)18-7-2-1-6-13-23(27)28;2*24-19(17-28-20-10-4-3-5-11-20)15-14-18-9-8-12-21(25)23(18)16-7-2-1-6-13-22(26)27;24-20-12-8-11-19(23(20)16-7-2-1-6-13-21(25)26)14-15-22(27)28-17-18-9-4-3-5-10-18/h2-5,7,9-10,15,17,20-21,25H,1,6,8,11-14,16,18H2,(H,27,28);2*2-5,7,10-11,14-15,18-19,24H,1,6,8-9,12-13,16-17H2,(H,26,27);2-5,7,9-10,14-15,19,22,27H,1,6,8,11-13,16-17H2,(H,25,26)/t20-,21?;2*18-,19?;19-,22?/m1111/s1. The van der Waals surface area contributed by atoms with E-state index in [1.54, 1.807) is 34.9 Å². The first-order valence-electron chi connectivity index (χ1n) is 39.4. The second-order valence-electron chi connectivity index (χ2n) is 27.8. The number of aliphatic carboxylic acids is 4. The third-order valence-corrected chi connectivity index (χ3v) is 20.8. The summed E-state index contributed by atoms with van der Waals surface area (Å²) in [6.45, 7) is 2.23. The van der Waals surface area contributed by atoms with Gasteiger partial charge in [0.15, 0.2) is 0 Å². The van der Waals surface area contributed by atoms with E-state index in [9.17, 15) is 58.8 Å². The first-order chi connectivity index (χ1) is 54.2. The lowest BCUT2D eigenvalue weighted by Crippen LogP contribution is -2.42. The number of para-hydroxylation sites is 1. The molecule has 4 amide bonds. The summed E-state index contributed by atoms with van der Waals surface area (Å²) >= 11 is 3.06. The number of piperidine rings is 4. The molecule has 4 heterocycles. The van der Waals surface area contributed by atoms with Gasteiger partial charge in [0, 0.05) is 93.9 Å². The Morgan fingerprint density at radius 3 is 1.12 bits per heavy atom. The molecule has 0 saturated carbocycles. The average molecular weight is 1580 g/mol. The number of hydrogen-bond donors (Lipinski definition) is 8. The Morgan fingerprint density at radius 2 is 0.741 bits per heavy atom. The number of rotatable bonds is 44. The normalized spacial score (nSPS) is 18.8. The van der Waals surface area contributed by atoms with E-state index < -0.39 is 47.6 Å². The van der Waals surface area contributed by atoms with E-state index in [1.165, 1.54) is 22.9 Å². The number of nitrogens with zero attached hydrogens (tertiary/aromatic N) is 4. The van der Waals surface area contributed by atoms with Crippen LogP contribution in [0.1, 0.15) is 172 Å². The van der Waals surface area contributed by atoms with E-state index in [-0.39, 0.29) is 80.1 Å². The van der Waals surface area contributed by atoms with Crippen molar-refractivity contribution in [3.63, 3.8) is 0 Å². The highest BCUT2D eigenvalue weighted by Gasteiger charge is 2.29. The molecule has 0 aromatic heterocycles. The van der Waals surface area contributed by atoms with Crippen molar-refractivity contribution in [2.24, 2.45) is 0 Å². The minimum atomic E-state index is -0.792. The van der Waals surface area contributed by atoms with Crippen LogP contribution < -0.4 is 4.74 Å². The van der Waals surface area contributed by atoms with Crippen molar-refractivity contribution in [1.82, 2.24) is 19.6 Å². The summed E-state index contributed by atoms with van der Waals surface area (Å²) in [6, 6.07) is 39.3. The van der Waals surface area contributed by atoms with Crippen molar-refractivity contribution in [2.45, 2.75) is 226 Å². The number of aliphatic hydroxyl groups excluding tert-OH is 4. The summed E-state index contributed by atoms with van der Waals surface area (Å²) in [6.07, 6.45) is 45.0. The van der Waals surface area contributed by atoms with Gasteiger partial charge in [-0.3, -0.25) is 38.4 Å². The highest BCUT2D eigenvalue weighted by atomic mass is 32.2. The van der Waals surface area contributed by atoms with Crippen LogP contribution in [0.15, 0.2) is 223 Å². The average Bonchev–Trinajstić information content (AvgIpc) is 0.872. The molecule has 4 saturated heterocycles. The van der Waals surface area contributed by atoms with E-state index in [2.05, 4.69) is 12.1 Å². The van der Waals surface area contributed by atoms with Crippen molar-refractivity contribution in [3.05, 3.63) is 230 Å². The Kier molecular flexibility index (Phi) is 47.6. The summed E-state index contributed by atoms with van der Waals surface area (Å²) in [5.41, 5.74) is 1.77. The number of hydrogen-bond acceptors (Lipinski definition) is 15. The zero-order valence-corrected chi connectivity index (χ0v) is 66.2. The van der Waals surface area contributed by atoms with Gasteiger partial charge in [-0.25, -0.2) is 0 Å². The number of thioether (sulfide) groups is 2. The maximum Gasteiger partial charge on any atom is 0.303 e. The highest BCUT2D eigenvalue weighted by molar-refractivity contribution is 7.99. The topological polar surface area (TPSA) is 321 Å². The fourth-order valence-electron chi connectivity index (χ4n) is 12.6. The number of aryl methyl sites for hydroxylation is 1. The molecule has 4 aromatic carbocycles. The molecule has 0 spiro atoms. The van der Waals surface area contributed by atoms with Gasteiger partial charge >= 0.3 is 23.9 Å². The molecule has 608 valence electrons. The van der Waals surface area contributed by atoms with Crippen LogP contribution >= 0.6 is 23.5 Å². The fourth-order valence-corrected chi connectivity index (χ4v) is 14.2. The lowest BCUT2D eigenvalue weighted by Gasteiger charge is -2.33. The number of carbonyl (C=O) groups excluding carboxylic acids is 4. The fraction of sp³-hybridized carbons (Fsp3) is 0.461. The Bertz CT molecular complexity index is 3160. The third kappa shape index (κ3) is 42.0. The van der Waals surface area contributed by atoms with Crippen LogP contribution in [-0.2, 0) is 50.5 Å². The molecule has 0 aliphatic carbocycles. The largest absolute Gasteiger partial charge is 0.491 e. The summed E-state index contributed by atoms with van der Waals surface area (Å²) < 4.78 is 5.54. The molecule has 4 fully saturated rings. The number of likely N-dealkylation sites (tertiary alicyclic amines) is 4. The van der Waals surface area contributed by atoms with Crippen LogP contribution in [0, 0.1) is 0 Å². The summed E-state index contributed by atoms with van der Waals surface area (Å²) in [4.78, 5) is 99.6. The molecular weight excluding hydrogens is 1460 g/mol. The first kappa shape index (κ1) is 93.5. The molecule has 21 nitrogen and oxygen atoms in total. The van der Waals surface area contributed by atoms with Crippen molar-refractivity contribution in [2.75, 3.05) is 38.5 Å². The number of ether oxygens (including phenoxy) is 1. The number of carbonyl (C=O) groups is 8. The van der Waals surface area contributed by atoms with Gasteiger partial charge in [-0.05, 0) is 157 Å². The van der Waals surface area contributed by atoms with Gasteiger partial charge in [-0.1, -0.05) is 188 Å². The van der Waals surface area contributed by atoms with Gasteiger partial charge in [0.2, 0.25) is 23.6 Å². The first-order valence-corrected chi connectivity index (χ1v) is 41.4. The smallest absolute Gasteiger partial charge is 0.303 e. The van der Waals surface area contributed by atoms with Crippen molar-refractivity contribution in [3.8, 4) is 5.75 Å². The number of amides is 4. The summed E-state index contributed by atoms with van der Waals surface area (Å²) in [5, 5.41) is 75.4. The van der Waals surface area contributed by atoms with Crippen LogP contribution in [0.3, 0.4) is 0 Å². The molecule has 112 heavy (non-hydrogen) atoms. The quantitative estimate of drug-likeness (QED) is 0.00883. The Hall–Kier alpha value is -9.10. The Balaban J connectivity index is 0.000000267. The Morgan fingerprint density at radius 1 is 0.411 bits per heavy atom.